The predicted octanol–water partition coefficient (Wildman–Crippen LogP) is 15.7. The highest BCUT2D eigenvalue weighted by molar-refractivity contribution is 6.18. The first kappa shape index (κ1) is 33.7. The van der Waals surface area contributed by atoms with Crippen molar-refractivity contribution >= 4 is 71.2 Å². The van der Waals surface area contributed by atoms with Crippen LogP contribution in [0.15, 0.2) is 206 Å². The Hall–Kier alpha value is -7.42. The fourth-order valence-corrected chi connectivity index (χ4v) is 10.1. The second-order valence-corrected chi connectivity index (χ2v) is 16.5. The highest BCUT2D eigenvalue weighted by atomic mass is 15.2. The Morgan fingerprint density at radius 3 is 1.85 bits per heavy atom. The standard InChI is InChI=1S/C57H40N2/c1-57(2)49-31-30-44(36-48(49)47-34-40-18-8-9-19-41(40)35-50(47)57)59(53-26-14-25-52-56(53)46-23-12-13-24-51(46)58(52)43-20-4-3-5-21-43)54-32-29-38-16-10-11-22-45(38)55(54)42-28-27-37-15-6-7-17-39(37)33-42/h3-36H,1-2H3. The number of hydrogen-bond donors (Lipinski definition) is 0. The normalized spacial score (nSPS) is 13.1. The summed E-state index contributed by atoms with van der Waals surface area (Å²) in [4.78, 5) is 2.55. The molecule has 1 heterocycles. The second kappa shape index (κ2) is 12.8. The van der Waals surface area contributed by atoms with Crippen molar-refractivity contribution < 1.29 is 0 Å². The molecule has 1 aromatic heterocycles. The van der Waals surface area contributed by atoms with Crippen LogP contribution in [-0.2, 0) is 5.41 Å². The zero-order valence-corrected chi connectivity index (χ0v) is 33.0. The lowest BCUT2D eigenvalue weighted by Gasteiger charge is -2.30. The maximum absolute atomic E-state index is 2.55. The van der Waals surface area contributed by atoms with Crippen LogP contribution < -0.4 is 4.90 Å². The number of rotatable bonds is 5. The average Bonchev–Trinajstić information content (AvgIpc) is 3.74. The minimum absolute atomic E-state index is 0.139. The van der Waals surface area contributed by atoms with Gasteiger partial charge in [-0.1, -0.05) is 153 Å². The smallest absolute Gasteiger partial charge is 0.0562 e. The SMILES string of the molecule is CC1(C)c2ccc(N(c3ccc4ccccc4c3-c3ccc4ccccc4c3)c3cccc4c3c3ccccc3n4-c3ccccc3)cc2-c2cc3ccccc3cc21. The van der Waals surface area contributed by atoms with Gasteiger partial charge in [0, 0.05) is 33.1 Å². The molecule has 10 aromatic carbocycles. The number of fused-ring (bicyclic) bond motifs is 9. The zero-order valence-electron chi connectivity index (χ0n) is 33.0. The van der Waals surface area contributed by atoms with Crippen molar-refractivity contribution in [2.24, 2.45) is 0 Å². The van der Waals surface area contributed by atoms with Crippen LogP contribution in [0.4, 0.5) is 17.1 Å². The van der Waals surface area contributed by atoms with E-state index in [1.54, 1.807) is 0 Å². The number of anilines is 3. The van der Waals surface area contributed by atoms with Gasteiger partial charge >= 0.3 is 0 Å². The quantitative estimate of drug-likeness (QED) is 0.170. The number of hydrogen-bond acceptors (Lipinski definition) is 1. The molecule has 12 rings (SSSR count). The molecule has 2 heteroatoms. The van der Waals surface area contributed by atoms with Crippen molar-refractivity contribution in [1.29, 1.82) is 0 Å². The van der Waals surface area contributed by atoms with Crippen molar-refractivity contribution in [3.8, 4) is 27.9 Å². The Kier molecular flexibility index (Phi) is 7.31. The minimum atomic E-state index is -0.139. The lowest BCUT2D eigenvalue weighted by molar-refractivity contribution is 0.661. The molecule has 0 spiro atoms. The Labute approximate surface area is 343 Å². The summed E-state index contributed by atoms with van der Waals surface area (Å²) in [7, 11) is 0. The van der Waals surface area contributed by atoms with Crippen LogP contribution in [0.3, 0.4) is 0 Å². The molecule has 0 saturated carbocycles. The molecule has 0 radical (unpaired) electrons. The van der Waals surface area contributed by atoms with Crippen LogP contribution in [0.25, 0.3) is 82.1 Å². The summed E-state index contributed by atoms with van der Waals surface area (Å²) in [5.41, 5.74) is 14.5. The predicted molar refractivity (Wildman–Crippen MR) is 251 cm³/mol. The van der Waals surface area contributed by atoms with Crippen LogP contribution in [0.5, 0.6) is 0 Å². The second-order valence-electron chi connectivity index (χ2n) is 16.5. The van der Waals surface area contributed by atoms with Gasteiger partial charge in [0.15, 0.2) is 0 Å². The summed E-state index contributed by atoms with van der Waals surface area (Å²) in [6.07, 6.45) is 0. The summed E-state index contributed by atoms with van der Waals surface area (Å²) >= 11 is 0. The number of nitrogens with zero attached hydrogens (tertiary/aromatic N) is 2. The van der Waals surface area contributed by atoms with Crippen molar-refractivity contribution in [3.63, 3.8) is 0 Å². The molecule has 0 unspecified atom stereocenters. The Balaban J connectivity index is 1.20. The Bertz CT molecular complexity index is 3480. The van der Waals surface area contributed by atoms with Gasteiger partial charge in [-0.25, -0.2) is 0 Å². The van der Waals surface area contributed by atoms with E-state index in [-0.39, 0.29) is 5.41 Å². The molecule has 59 heavy (non-hydrogen) atoms. The number of aromatic nitrogens is 1. The third kappa shape index (κ3) is 5.06. The maximum atomic E-state index is 2.55. The minimum Gasteiger partial charge on any atom is -0.309 e. The van der Waals surface area contributed by atoms with Crippen LogP contribution in [-0.4, -0.2) is 4.57 Å². The molecule has 2 nitrogen and oxygen atoms in total. The first-order valence-corrected chi connectivity index (χ1v) is 20.6. The van der Waals surface area contributed by atoms with E-state index in [2.05, 4.69) is 230 Å². The van der Waals surface area contributed by atoms with E-state index in [1.165, 1.54) is 87.5 Å². The van der Waals surface area contributed by atoms with Crippen LogP contribution in [0, 0.1) is 0 Å². The van der Waals surface area contributed by atoms with Crippen LogP contribution >= 0.6 is 0 Å². The maximum Gasteiger partial charge on any atom is 0.0562 e. The molecule has 0 saturated heterocycles. The van der Waals surface area contributed by atoms with Crippen molar-refractivity contribution in [2.75, 3.05) is 4.90 Å². The van der Waals surface area contributed by atoms with Gasteiger partial charge in [-0.2, -0.15) is 0 Å². The number of para-hydroxylation sites is 2. The van der Waals surface area contributed by atoms with Gasteiger partial charge in [0.1, 0.15) is 0 Å². The van der Waals surface area contributed by atoms with E-state index >= 15 is 0 Å². The van der Waals surface area contributed by atoms with E-state index < -0.39 is 0 Å². The molecule has 0 atom stereocenters. The molecule has 0 bridgehead atoms. The van der Waals surface area contributed by atoms with Gasteiger partial charge < -0.3 is 9.47 Å². The van der Waals surface area contributed by atoms with E-state index in [4.69, 9.17) is 0 Å². The Morgan fingerprint density at radius 2 is 1.03 bits per heavy atom. The fourth-order valence-electron chi connectivity index (χ4n) is 10.1. The molecule has 0 N–H and O–H groups in total. The zero-order chi connectivity index (χ0) is 39.2. The average molecular weight is 753 g/mol. The molecular weight excluding hydrogens is 713 g/mol. The molecule has 1 aliphatic carbocycles. The third-order valence-corrected chi connectivity index (χ3v) is 12.9. The third-order valence-electron chi connectivity index (χ3n) is 12.9. The topological polar surface area (TPSA) is 8.17 Å². The van der Waals surface area contributed by atoms with Crippen molar-refractivity contribution in [2.45, 2.75) is 19.3 Å². The molecular formula is C57H40N2. The number of benzene rings is 10. The summed E-state index contributed by atoms with van der Waals surface area (Å²) < 4.78 is 2.42. The molecule has 1 aliphatic rings. The van der Waals surface area contributed by atoms with Crippen LogP contribution in [0.2, 0.25) is 0 Å². The van der Waals surface area contributed by atoms with Crippen molar-refractivity contribution in [1.82, 2.24) is 4.57 Å². The molecule has 11 aromatic rings. The van der Waals surface area contributed by atoms with Gasteiger partial charge in [-0.05, 0) is 127 Å². The molecule has 0 fully saturated rings. The van der Waals surface area contributed by atoms with Gasteiger partial charge in [0.25, 0.3) is 0 Å². The van der Waals surface area contributed by atoms with Crippen molar-refractivity contribution in [3.05, 3.63) is 217 Å². The summed E-state index contributed by atoms with van der Waals surface area (Å²) in [5.74, 6) is 0. The summed E-state index contributed by atoms with van der Waals surface area (Å²) in [6.45, 7) is 4.76. The van der Waals surface area contributed by atoms with E-state index in [0.717, 1.165) is 22.7 Å². The first-order chi connectivity index (χ1) is 29.0. The largest absolute Gasteiger partial charge is 0.309 e. The van der Waals surface area contributed by atoms with Gasteiger partial charge in [-0.3, -0.25) is 0 Å². The van der Waals surface area contributed by atoms with Gasteiger partial charge in [0.2, 0.25) is 0 Å². The monoisotopic (exact) mass is 752 g/mol. The summed E-state index contributed by atoms with van der Waals surface area (Å²) in [5, 5.41) is 9.90. The van der Waals surface area contributed by atoms with Gasteiger partial charge in [0.05, 0.1) is 22.4 Å². The lowest BCUT2D eigenvalue weighted by atomic mass is 9.82. The van der Waals surface area contributed by atoms with E-state index in [0.29, 0.717) is 0 Å². The summed E-state index contributed by atoms with van der Waals surface area (Å²) in [6, 6.07) is 76.4. The van der Waals surface area contributed by atoms with E-state index in [9.17, 15) is 0 Å². The van der Waals surface area contributed by atoms with Crippen LogP contribution in [0.1, 0.15) is 25.0 Å². The highest BCUT2D eigenvalue weighted by Gasteiger charge is 2.36. The van der Waals surface area contributed by atoms with Gasteiger partial charge in [-0.15, -0.1) is 0 Å². The van der Waals surface area contributed by atoms with E-state index in [1.807, 2.05) is 0 Å². The fraction of sp³-hybridized carbons (Fsp3) is 0.0526. The molecule has 0 aliphatic heterocycles. The highest BCUT2D eigenvalue weighted by Crippen LogP contribution is 2.54. The molecule has 278 valence electrons. The molecule has 0 amide bonds. The lowest BCUT2D eigenvalue weighted by Crippen LogP contribution is -2.16. The first-order valence-electron chi connectivity index (χ1n) is 20.6. The Morgan fingerprint density at radius 1 is 0.407 bits per heavy atom.